The second-order valence-corrected chi connectivity index (χ2v) is 4.30. The number of nitrogens with two attached hydrogens (primary N) is 1. The first kappa shape index (κ1) is 12.7. The molecule has 0 saturated carbocycles. The number of nitrogens with zero attached hydrogens (tertiary/aromatic N) is 3. The monoisotopic (exact) mass is 245 g/mol. The summed E-state index contributed by atoms with van der Waals surface area (Å²) < 4.78 is 1.93. The predicted molar refractivity (Wildman–Crippen MR) is 70.8 cm³/mol. The molecule has 0 radical (unpaired) electrons. The van der Waals surface area contributed by atoms with Gasteiger partial charge in [-0.3, -0.25) is 15.5 Å². The molecule has 1 unspecified atom stereocenters. The van der Waals surface area contributed by atoms with Crippen LogP contribution in [-0.4, -0.2) is 14.8 Å². The van der Waals surface area contributed by atoms with E-state index in [2.05, 4.69) is 28.5 Å². The van der Waals surface area contributed by atoms with E-state index in [9.17, 15) is 0 Å². The van der Waals surface area contributed by atoms with E-state index in [1.165, 1.54) is 0 Å². The standard InChI is InChI=1S/C13H19N5/c1-4-18-12(7-8-15-18)13(17-14)11-6-5-9(2)16-10(11)3/h5-8,13,17H,4,14H2,1-3H3. The molecule has 96 valence electrons. The molecule has 0 fully saturated rings. The molecule has 1 atom stereocenters. The molecule has 5 nitrogen and oxygen atoms in total. The van der Waals surface area contributed by atoms with E-state index in [1.54, 1.807) is 6.20 Å². The lowest BCUT2D eigenvalue weighted by molar-refractivity contribution is 0.540. The van der Waals surface area contributed by atoms with E-state index in [4.69, 9.17) is 5.84 Å². The molecule has 2 aromatic heterocycles. The Balaban J connectivity index is 2.45. The molecule has 0 spiro atoms. The summed E-state index contributed by atoms with van der Waals surface area (Å²) in [7, 11) is 0. The lowest BCUT2D eigenvalue weighted by Crippen LogP contribution is -2.31. The van der Waals surface area contributed by atoms with Gasteiger partial charge in [0.25, 0.3) is 0 Å². The number of pyridine rings is 1. The van der Waals surface area contributed by atoms with Crippen molar-refractivity contribution >= 4 is 0 Å². The number of hydrogen-bond acceptors (Lipinski definition) is 4. The Morgan fingerprint density at radius 2 is 2.11 bits per heavy atom. The van der Waals surface area contributed by atoms with Crippen LogP contribution < -0.4 is 11.3 Å². The fourth-order valence-electron chi connectivity index (χ4n) is 2.19. The SMILES string of the molecule is CCn1nccc1C(NN)c1ccc(C)nc1C. The molecule has 0 aromatic carbocycles. The van der Waals surface area contributed by atoms with Crippen molar-refractivity contribution in [3.8, 4) is 0 Å². The Labute approximate surface area is 107 Å². The van der Waals surface area contributed by atoms with Crippen LogP contribution in [0.2, 0.25) is 0 Å². The van der Waals surface area contributed by atoms with Crippen molar-refractivity contribution in [3.05, 3.63) is 47.0 Å². The van der Waals surface area contributed by atoms with Crippen LogP contribution in [0.25, 0.3) is 0 Å². The highest BCUT2D eigenvalue weighted by Gasteiger charge is 2.18. The number of nitrogens with one attached hydrogen (secondary N) is 1. The zero-order valence-electron chi connectivity index (χ0n) is 11.0. The second-order valence-electron chi connectivity index (χ2n) is 4.30. The van der Waals surface area contributed by atoms with E-state index >= 15 is 0 Å². The van der Waals surface area contributed by atoms with Gasteiger partial charge < -0.3 is 0 Å². The van der Waals surface area contributed by atoms with Gasteiger partial charge in [-0.2, -0.15) is 5.10 Å². The molecular weight excluding hydrogens is 226 g/mol. The van der Waals surface area contributed by atoms with Gasteiger partial charge in [0.05, 0.1) is 11.7 Å². The molecular formula is C13H19N5. The normalized spacial score (nSPS) is 12.7. The minimum absolute atomic E-state index is 0.0828. The van der Waals surface area contributed by atoms with E-state index in [0.717, 1.165) is 29.2 Å². The fourth-order valence-corrected chi connectivity index (χ4v) is 2.19. The summed E-state index contributed by atoms with van der Waals surface area (Å²) in [5, 5.41) is 4.28. The molecule has 0 saturated heterocycles. The highest BCUT2D eigenvalue weighted by molar-refractivity contribution is 5.31. The zero-order valence-corrected chi connectivity index (χ0v) is 11.0. The third kappa shape index (κ3) is 2.27. The van der Waals surface area contributed by atoms with E-state index < -0.39 is 0 Å². The highest BCUT2D eigenvalue weighted by Crippen LogP contribution is 2.23. The molecule has 0 aliphatic rings. The number of aromatic nitrogens is 3. The third-order valence-electron chi connectivity index (χ3n) is 3.09. The van der Waals surface area contributed by atoms with Crippen molar-refractivity contribution in [1.29, 1.82) is 0 Å². The van der Waals surface area contributed by atoms with Crippen LogP contribution in [0, 0.1) is 13.8 Å². The van der Waals surface area contributed by atoms with Gasteiger partial charge in [0.1, 0.15) is 0 Å². The molecule has 0 aliphatic carbocycles. The van der Waals surface area contributed by atoms with Gasteiger partial charge in [0, 0.05) is 24.1 Å². The smallest absolute Gasteiger partial charge is 0.0895 e. The summed E-state index contributed by atoms with van der Waals surface area (Å²) >= 11 is 0. The van der Waals surface area contributed by atoms with E-state index in [-0.39, 0.29) is 6.04 Å². The lowest BCUT2D eigenvalue weighted by atomic mass is 10.0. The first-order valence-corrected chi connectivity index (χ1v) is 6.09. The van der Waals surface area contributed by atoms with Crippen molar-refractivity contribution in [2.24, 2.45) is 5.84 Å². The fraction of sp³-hybridized carbons (Fsp3) is 0.385. The topological polar surface area (TPSA) is 68.8 Å². The molecule has 18 heavy (non-hydrogen) atoms. The van der Waals surface area contributed by atoms with Crippen molar-refractivity contribution in [2.75, 3.05) is 0 Å². The first-order valence-electron chi connectivity index (χ1n) is 6.09. The maximum Gasteiger partial charge on any atom is 0.0895 e. The minimum atomic E-state index is -0.0828. The predicted octanol–water partition coefficient (Wildman–Crippen LogP) is 1.47. The van der Waals surface area contributed by atoms with E-state index in [1.807, 2.05) is 30.7 Å². The van der Waals surface area contributed by atoms with Crippen molar-refractivity contribution < 1.29 is 0 Å². The Hall–Kier alpha value is -1.72. The Morgan fingerprint density at radius 1 is 1.33 bits per heavy atom. The van der Waals surface area contributed by atoms with Crippen molar-refractivity contribution in [1.82, 2.24) is 20.2 Å². The number of rotatable bonds is 4. The Kier molecular flexibility index (Phi) is 3.74. The van der Waals surface area contributed by atoms with Crippen LogP contribution in [0.15, 0.2) is 24.4 Å². The summed E-state index contributed by atoms with van der Waals surface area (Å²) in [5.74, 6) is 5.71. The quantitative estimate of drug-likeness (QED) is 0.632. The summed E-state index contributed by atoms with van der Waals surface area (Å²) in [6.07, 6.45) is 1.79. The molecule has 2 aromatic rings. The molecule has 0 amide bonds. The molecule has 2 heterocycles. The van der Waals surface area contributed by atoms with Crippen molar-refractivity contribution in [2.45, 2.75) is 33.4 Å². The maximum atomic E-state index is 5.71. The molecule has 5 heteroatoms. The van der Waals surface area contributed by atoms with Crippen LogP contribution in [0.3, 0.4) is 0 Å². The average Bonchev–Trinajstić information content (AvgIpc) is 2.81. The second kappa shape index (κ2) is 5.29. The van der Waals surface area contributed by atoms with Gasteiger partial charge >= 0.3 is 0 Å². The van der Waals surface area contributed by atoms with E-state index in [0.29, 0.717) is 0 Å². The van der Waals surface area contributed by atoms with Crippen LogP contribution >= 0.6 is 0 Å². The van der Waals surface area contributed by atoms with Gasteiger partial charge in [-0.1, -0.05) is 6.07 Å². The van der Waals surface area contributed by atoms with Crippen LogP contribution in [0.5, 0.6) is 0 Å². The van der Waals surface area contributed by atoms with Gasteiger partial charge in [-0.15, -0.1) is 0 Å². The van der Waals surface area contributed by atoms with Crippen LogP contribution in [0.4, 0.5) is 0 Å². The van der Waals surface area contributed by atoms with Gasteiger partial charge in [0.15, 0.2) is 0 Å². The summed E-state index contributed by atoms with van der Waals surface area (Å²) in [6, 6.07) is 5.96. The van der Waals surface area contributed by atoms with Crippen LogP contribution in [0.1, 0.15) is 35.6 Å². The average molecular weight is 245 g/mol. The number of hydrazine groups is 1. The third-order valence-corrected chi connectivity index (χ3v) is 3.09. The largest absolute Gasteiger partial charge is 0.271 e. The Bertz CT molecular complexity index is 532. The molecule has 0 bridgehead atoms. The Morgan fingerprint density at radius 3 is 2.72 bits per heavy atom. The summed E-state index contributed by atoms with van der Waals surface area (Å²) in [4.78, 5) is 4.48. The lowest BCUT2D eigenvalue weighted by Gasteiger charge is -2.19. The molecule has 3 N–H and O–H groups in total. The maximum absolute atomic E-state index is 5.71. The van der Waals surface area contributed by atoms with Gasteiger partial charge in [0.2, 0.25) is 0 Å². The molecule has 0 aliphatic heterocycles. The van der Waals surface area contributed by atoms with Crippen LogP contribution in [-0.2, 0) is 6.54 Å². The van der Waals surface area contributed by atoms with Gasteiger partial charge in [-0.25, -0.2) is 5.43 Å². The summed E-state index contributed by atoms with van der Waals surface area (Å²) in [6.45, 7) is 6.86. The first-order chi connectivity index (χ1) is 8.67. The summed E-state index contributed by atoms with van der Waals surface area (Å²) in [5.41, 5.74) is 6.98. The number of hydrogen-bond donors (Lipinski definition) is 2. The zero-order chi connectivity index (χ0) is 13.1. The number of aryl methyl sites for hydroxylation is 3. The van der Waals surface area contributed by atoms with Gasteiger partial charge in [-0.05, 0) is 38.5 Å². The van der Waals surface area contributed by atoms with Crippen molar-refractivity contribution in [3.63, 3.8) is 0 Å². The minimum Gasteiger partial charge on any atom is -0.271 e. The molecule has 2 rings (SSSR count). The highest BCUT2D eigenvalue weighted by atomic mass is 15.3.